The average Bonchev–Trinajstić information content (AvgIpc) is 3.16. The van der Waals surface area contributed by atoms with E-state index in [-0.39, 0.29) is 10.9 Å². The number of hydrogen-bond donors (Lipinski definition) is 1. The third-order valence-corrected chi connectivity index (χ3v) is 7.01. The summed E-state index contributed by atoms with van der Waals surface area (Å²) in [5.74, 6) is -0.471. The molecule has 1 saturated carbocycles. The number of aliphatic hydroxyl groups is 1. The minimum atomic E-state index is -3.73. The Morgan fingerprint density at radius 2 is 1.78 bits per heavy atom. The summed E-state index contributed by atoms with van der Waals surface area (Å²) in [5.41, 5.74) is 0. The third kappa shape index (κ3) is 3.15. The molecule has 0 aromatic heterocycles. The van der Waals surface area contributed by atoms with Crippen molar-refractivity contribution >= 4 is 10.0 Å². The number of aliphatic hydroxyl groups excluding tert-OH is 1. The fraction of sp³-hybridized carbons (Fsp3) is 0.625. The van der Waals surface area contributed by atoms with Crippen LogP contribution in [0, 0.1) is 5.82 Å². The molecule has 1 aliphatic heterocycles. The zero-order valence-corrected chi connectivity index (χ0v) is 14.0. The molecule has 0 unspecified atom stereocenters. The van der Waals surface area contributed by atoms with Gasteiger partial charge >= 0.3 is 0 Å². The quantitative estimate of drug-likeness (QED) is 0.899. The maximum atomic E-state index is 13.0. The van der Waals surface area contributed by atoms with Crippen LogP contribution in [0.3, 0.4) is 0 Å². The van der Waals surface area contributed by atoms with E-state index in [9.17, 15) is 17.9 Å². The van der Waals surface area contributed by atoms with E-state index >= 15 is 0 Å². The molecule has 3 atom stereocenters. The summed E-state index contributed by atoms with van der Waals surface area (Å²) in [6.45, 7) is 1.95. The van der Waals surface area contributed by atoms with E-state index in [1.807, 2.05) is 0 Å². The predicted molar refractivity (Wildman–Crippen MR) is 85.0 cm³/mol. The summed E-state index contributed by atoms with van der Waals surface area (Å²) in [4.78, 5) is 2.32. The monoisotopic (exact) mass is 342 g/mol. The van der Waals surface area contributed by atoms with E-state index in [0.29, 0.717) is 6.42 Å². The second-order valence-electron chi connectivity index (χ2n) is 6.42. The molecule has 0 radical (unpaired) electrons. The van der Waals surface area contributed by atoms with Crippen LogP contribution in [0.25, 0.3) is 0 Å². The van der Waals surface area contributed by atoms with Crippen molar-refractivity contribution in [2.45, 2.75) is 48.8 Å². The van der Waals surface area contributed by atoms with Gasteiger partial charge in [-0.05, 0) is 63.0 Å². The van der Waals surface area contributed by atoms with Crippen molar-refractivity contribution in [2.75, 3.05) is 20.1 Å². The Bertz CT molecular complexity index is 644. The Hall–Kier alpha value is -1.02. The van der Waals surface area contributed by atoms with Crippen LogP contribution in [0.2, 0.25) is 0 Å². The molecule has 1 aromatic carbocycles. The molecular formula is C16H23FN2O3S. The normalized spacial score (nSPS) is 29.5. The molecule has 0 bridgehead atoms. The topological polar surface area (TPSA) is 60.9 Å². The van der Waals surface area contributed by atoms with E-state index in [0.717, 1.165) is 44.5 Å². The highest BCUT2D eigenvalue weighted by atomic mass is 32.2. The van der Waals surface area contributed by atoms with Gasteiger partial charge in [-0.15, -0.1) is 0 Å². The van der Waals surface area contributed by atoms with Crippen molar-refractivity contribution in [3.05, 3.63) is 30.1 Å². The Morgan fingerprint density at radius 1 is 1.17 bits per heavy atom. The average molecular weight is 342 g/mol. The first-order valence-electron chi connectivity index (χ1n) is 8.07. The molecule has 0 spiro atoms. The van der Waals surface area contributed by atoms with Crippen LogP contribution < -0.4 is 0 Å². The first-order valence-corrected chi connectivity index (χ1v) is 9.51. The molecule has 7 heteroatoms. The molecular weight excluding hydrogens is 319 g/mol. The molecule has 2 fully saturated rings. The van der Waals surface area contributed by atoms with Crippen molar-refractivity contribution in [3.63, 3.8) is 0 Å². The molecule has 1 N–H and O–H groups in total. The van der Waals surface area contributed by atoms with Gasteiger partial charge in [0.25, 0.3) is 0 Å². The lowest BCUT2D eigenvalue weighted by molar-refractivity contribution is 0.0536. The zero-order chi connectivity index (χ0) is 16.6. The number of likely N-dealkylation sites (N-methyl/N-ethyl adjacent to an activating group) is 1. The minimum Gasteiger partial charge on any atom is -0.390 e. The lowest BCUT2D eigenvalue weighted by atomic mass is 10.1. The second kappa shape index (κ2) is 6.47. The Balaban J connectivity index is 1.77. The van der Waals surface area contributed by atoms with E-state index in [1.54, 1.807) is 0 Å². The summed E-state index contributed by atoms with van der Waals surface area (Å²) >= 11 is 0. The van der Waals surface area contributed by atoms with E-state index in [1.165, 1.54) is 23.5 Å². The maximum Gasteiger partial charge on any atom is 0.243 e. The Morgan fingerprint density at radius 3 is 2.39 bits per heavy atom. The van der Waals surface area contributed by atoms with Crippen molar-refractivity contribution in [1.82, 2.24) is 9.21 Å². The van der Waals surface area contributed by atoms with Gasteiger partial charge in [-0.3, -0.25) is 4.90 Å². The number of halogens is 1. The summed E-state index contributed by atoms with van der Waals surface area (Å²) in [6, 6.07) is 4.41. The largest absolute Gasteiger partial charge is 0.390 e. The van der Waals surface area contributed by atoms with Crippen LogP contribution in [-0.2, 0) is 10.0 Å². The minimum absolute atomic E-state index is 0.0355. The lowest BCUT2D eigenvalue weighted by Crippen LogP contribution is -2.48. The number of rotatable bonds is 4. The molecule has 128 valence electrons. The number of sulfonamides is 1. The van der Waals surface area contributed by atoms with Gasteiger partial charge in [-0.2, -0.15) is 4.31 Å². The Labute approximate surface area is 136 Å². The fourth-order valence-electron chi connectivity index (χ4n) is 3.76. The van der Waals surface area contributed by atoms with Gasteiger partial charge in [0.15, 0.2) is 0 Å². The summed E-state index contributed by atoms with van der Waals surface area (Å²) in [7, 11) is -2.23. The molecule has 3 rings (SSSR count). The number of benzene rings is 1. The van der Waals surface area contributed by atoms with Gasteiger partial charge in [0, 0.05) is 13.1 Å². The number of likely N-dealkylation sites (tertiary alicyclic amines) is 1. The molecule has 5 nitrogen and oxygen atoms in total. The van der Waals surface area contributed by atoms with Gasteiger partial charge in [0.2, 0.25) is 10.0 Å². The zero-order valence-electron chi connectivity index (χ0n) is 13.2. The van der Waals surface area contributed by atoms with Crippen molar-refractivity contribution in [3.8, 4) is 0 Å². The highest BCUT2D eigenvalue weighted by Crippen LogP contribution is 2.32. The van der Waals surface area contributed by atoms with Crippen molar-refractivity contribution < 1.29 is 17.9 Å². The third-order valence-electron chi connectivity index (χ3n) is 5.11. The maximum absolute atomic E-state index is 13.0. The first kappa shape index (κ1) is 16.8. The van der Waals surface area contributed by atoms with E-state index in [2.05, 4.69) is 4.90 Å². The predicted octanol–water partition coefficient (Wildman–Crippen LogP) is 1.43. The van der Waals surface area contributed by atoms with Gasteiger partial charge in [0.1, 0.15) is 5.82 Å². The number of nitrogens with zero attached hydrogens (tertiary/aromatic N) is 2. The van der Waals surface area contributed by atoms with E-state index < -0.39 is 28.0 Å². The lowest BCUT2D eigenvalue weighted by Gasteiger charge is -2.31. The van der Waals surface area contributed by atoms with E-state index in [4.69, 9.17) is 0 Å². The van der Waals surface area contributed by atoms with Gasteiger partial charge in [-0.25, -0.2) is 12.8 Å². The molecule has 23 heavy (non-hydrogen) atoms. The highest BCUT2D eigenvalue weighted by Gasteiger charge is 2.43. The van der Waals surface area contributed by atoms with Gasteiger partial charge in [0.05, 0.1) is 17.0 Å². The fourth-order valence-corrected chi connectivity index (χ4v) is 5.16. The molecule has 2 aliphatic rings. The summed E-state index contributed by atoms with van der Waals surface area (Å²) < 4.78 is 39.6. The van der Waals surface area contributed by atoms with Crippen LogP contribution in [0.5, 0.6) is 0 Å². The molecule has 1 aliphatic carbocycles. The number of hydrogen-bond acceptors (Lipinski definition) is 4. The smallest absolute Gasteiger partial charge is 0.243 e. The molecule has 1 saturated heterocycles. The first-order chi connectivity index (χ1) is 10.9. The van der Waals surface area contributed by atoms with Gasteiger partial charge < -0.3 is 5.11 Å². The SMILES string of the molecule is CN([C@@H]1CC[C@@H](N2CCCC2)[C@@H]1O)S(=O)(=O)c1ccc(F)cc1. The van der Waals surface area contributed by atoms with Crippen LogP contribution in [0.4, 0.5) is 4.39 Å². The van der Waals surface area contributed by atoms with Crippen molar-refractivity contribution in [2.24, 2.45) is 0 Å². The van der Waals surface area contributed by atoms with Crippen LogP contribution >= 0.6 is 0 Å². The highest BCUT2D eigenvalue weighted by molar-refractivity contribution is 7.89. The van der Waals surface area contributed by atoms with Crippen LogP contribution in [0.1, 0.15) is 25.7 Å². The molecule has 0 amide bonds. The Kier molecular flexibility index (Phi) is 4.73. The van der Waals surface area contributed by atoms with Crippen LogP contribution in [0.15, 0.2) is 29.2 Å². The second-order valence-corrected chi connectivity index (χ2v) is 8.42. The summed E-state index contributed by atoms with van der Waals surface area (Å²) in [6.07, 6.45) is 3.03. The standard InChI is InChI=1S/C16H23FN2O3S/c1-18(23(21,22)13-6-4-12(17)5-7-13)14-8-9-15(16(14)20)19-10-2-3-11-19/h4-7,14-16,20H,2-3,8-11H2,1H3/t14-,15-,16-/m1/s1. The van der Waals surface area contributed by atoms with Crippen molar-refractivity contribution in [1.29, 1.82) is 0 Å². The van der Waals surface area contributed by atoms with Crippen LogP contribution in [-0.4, -0.2) is 61.1 Å². The van der Waals surface area contributed by atoms with Gasteiger partial charge in [-0.1, -0.05) is 0 Å². The summed E-state index contributed by atoms with van der Waals surface area (Å²) in [5, 5.41) is 10.6. The molecule has 1 aromatic rings. The molecule has 1 heterocycles.